The summed E-state index contributed by atoms with van der Waals surface area (Å²) in [6.07, 6.45) is 5.23. The van der Waals surface area contributed by atoms with E-state index < -0.39 is 0 Å². The van der Waals surface area contributed by atoms with Gasteiger partial charge in [-0.25, -0.2) is 4.68 Å². The molecule has 0 aliphatic rings. The lowest BCUT2D eigenvalue weighted by Crippen LogP contribution is -2.12. The third kappa shape index (κ3) is 3.75. The molecule has 122 valence electrons. The molecule has 2 heterocycles. The zero-order chi connectivity index (χ0) is 16.9. The maximum absolute atomic E-state index is 6.35. The van der Waals surface area contributed by atoms with Gasteiger partial charge in [0.2, 0.25) is 4.80 Å². The Bertz CT molecular complexity index is 929. The second-order valence-electron chi connectivity index (χ2n) is 4.84. The zero-order valence-corrected chi connectivity index (χ0v) is 15.2. The van der Waals surface area contributed by atoms with Gasteiger partial charge in [0, 0.05) is 40.5 Å². The monoisotopic (exact) mass is 376 g/mol. The van der Waals surface area contributed by atoms with Gasteiger partial charge in [0.15, 0.2) is 0 Å². The Labute approximate surface area is 153 Å². The molecule has 7 heteroatoms. The molecular formula is C17H14Cl2N4S. The van der Waals surface area contributed by atoms with Crippen LogP contribution in [0.5, 0.6) is 0 Å². The van der Waals surface area contributed by atoms with Crippen LogP contribution in [0.4, 0.5) is 0 Å². The Balaban J connectivity index is 2.11. The molecule has 0 amide bonds. The van der Waals surface area contributed by atoms with E-state index in [1.165, 1.54) is 11.3 Å². The van der Waals surface area contributed by atoms with E-state index in [0.29, 0.717) is 16.6 Å². The number of nitrogens with zero attached hydrogens (tertiary/aromatic N) is 4. The summed E-state index contributed by atoms with van der Waals surface area (Å²) in [5.41, 5.74) is 2.64. The molecule has 0 fully saturated rings. The van der Waals surface area contributed by atoms with Gasteiger partial charge in [0.1, 0.15) is 0 Å². The highest BCUT2D eigenvalue weighted by Gasteiger charge is 2.11. The van der Waals surface area contributed by atoms with Gasteiger partial charge in [0.25, 0.3) is 0 Å². The van der Waals surface area contributed by atoms with Crippen molar-refractivity contribution in [2.45, 2.75) is 6.92 Å². The van der Waals surface area contributed by atoms with Crippen LogP contribution in [-0.2, 0) is 0 Å². The van der Waals surface area contributed by atoms with E-state index in [2.05, 4.69) is 15.1 Å². The number of benzene rings is 1. The molecule has 0 atom stereocenters. The third-order valence-electron chi connectivity index (χ3n) is 3.19. The summed E-state index contributed by atoms with van der Waals surface area (Å²) in [6.45, 7) is 2.67. The summed E-state index contributed by atoms with van der Waals surface area (Å²) in [5.74, 6) is 0. The van der Waals surface area contributed by atoms with Crippen LogP contribution in [0.25, 0.3) is 11.3 Å². The zero-order valence-electron chi connectivity index (χ0n) is 12.9. The Hall–Kier alpha value is -1.95. The number of hydrogen-bond acceptors (Lipinski definition) is 4. The smallest absolute Gasteiger partial charge is 0.206 e. The van der Waals surface area contributed by atoms with Crippen LogP contribution in [0.3, 0.4) is 0 Å². The maximum atomic E-state index is 6.35. The first-order valence-corrected chi connectivity index (χ1v) is 8.93. The summed E-state index contributed by atoms with van der Waals surface area (Å²) in [4.78, 5) is 9.39. The van der Waals surface area contributed by atoms with Gasteiger partial charge in [-0.05, 0) is 31.2 Å². The predicted octanol–water partition coefficient (Wildman–Crippen LogP) is 4.72. The Morgan fingerprint density at radius 1 is 1.29 bits per heavy atom. The fourth-order valence-electron chi connectivity index (χ4n) is 2.11. The van der Waals surface area contributed by atoms with Gasteiger partial charge >= 0.3 is 0 Å². The van der Waals surface area contributed by atoms with Crippen LogP contribution in [0, 0.1) is 0 Å². The van der Waals surface area contributed by atoms with Crippen molar-refractivity contribution in [2.24, 2.45) is 10.1 Å². The van der Waals surface area contributed by atoms with Gasteiger partial charge in [-0.2, -0.15) is 5.10 Å². The van der Waals surface area contributed by atoms with Crippen LogP contribution in [0.2, 0.25) is 10.0 Å². The lowest BCUT2D eigenvalue weighted by atomic mass is 10.2. The topological polar surface area (TPSA) is 42.5 Å². The molecule has 0 unspecified atom stereocenters. The summed E-state index contributed by atoms with van der Waals surface area (Å²) in [7, 11) is 0. The molecule has 0 radical (unpaired) electrons. The van der Waals surface area contributed by atoms with E-state index >= 15 is 0 Å². The third-order valence-corrected chi connectivity index (χ3v) is 4.59. The molecule has 2 aromatic heterocycles. The number of halogens is 2. The molecule has 4 nitrogen and oxygen atoms in total. The maximum Gasteiger partial charge on any atom is 0.206 e. The highest BCUT2D eigenvalue weighted by Crippen LogP contribution is 2.30. The average Bonchev–Trinajstić information content (AvgIpc) is 2.97. The van der Waals surface area contributed by atoms with E-state index in [1.54, 1.807) is 29.4 Å². The first-order valence-electron chi connectivity index (χ1n) is 7.30. The van der Waals surface area contributed by atoms with Crippen molar-refractivity contribution >= 4 is 40.8 Å². The van der Waals surface area contributed by atoms with Crippen LogP contribution in [0.15, 0.2) is 58.2 Å². The quantitative estimate of drug-likeness (QED) is 0.607. The number of hydrogen-bond donors (Lipinski definition) is 0. The molecular weight excluding hydrogens is 363 g/mol. The van der Waals surface area contributed by atoms with Crippen LogP contribution in [-0.4, -0.2) is 22.4 Å². The van der Waals surface area contributed by atoms with E-state index in [-0.39, 0.29) is 0 Å². The number of aromatic nitrogens is 2. The fraction of sp³-hybridized carbons (Fsp3) is 0.118. The number of thiazole rings is 1. The van der Waals surface area contributed by atoms with E-state index in [9.17, 15) is 0 Å². The second-order valence-corrected chi connectivity index (χ2v) is 6.52. The van der Waals surface area contributed by atoms with Gasteiger partial charge in [-0.3, -0.25) is 9.98 Å². The van der Waals surface area contributed by atoms with Gasteiger partial charge in [-0.1, -0.05) is 29.3 Å². The Kier molecular flexibility index (Phi) is 5.45. The van der Waals surface area contributed by atoms with Crippen molar-refractivity contribution in [1.29, 1.82) is 0 Å². The molecule has 3 aromatic rings. The molecule has 24 heavy (non-hydrogen) atoms. The standard InChI is InChI=1S/C17H14Cl2N4S/c1-2-21-17-23(22-10-12-4-3-7-20-9-12)16(11-24-17)14-6-5-13(18)8-15(14)19/h3-11H,2H2,1H3. The summed E-state index contributed by atoms with van der Waals surface area (Å²) in [6, 6.07) is 9.23. The van der Waals surface area contributed by atoms with Crippen LogP contribution < -0.4 is 4.80 Å². The largest absolute Gasteiger partial charge is 0.264 e. The van der Waals surface area contributed by atoms with Crippen LogP contribution in [0.1, 0.15) is 12.5 Å². The van der Waals surface area contributed by atoms with Crippen molar-refractivity contribution in [3.8, 4) is 11.3 Å². The number of pyridine rings is 1. The van der Waals surface area contributed by atoms with Crippen molar-refractivity contribution in [3.05, 3.63) is 68.5 Å². The van der Waals surface area contributed by atoms with Gasteiger partial charge in [-0.15, -0.1) is 11.3 Å². The van der Waals surface area contributed by atoms with E-state index in [4.69, 9.17) is 23.2 Å². The van der Waals surface area contributed by atoms with Crippen molar-refractivity contribution in [2.75, 3.05) is 6.54 Å². The first-order chi connectivity index (χ1) is 11.7. The molecule has 0 saturated heterocycles. The SMILES string of the molecule is CCN=c1scc(-c2ccc(Cl)cc2Cl)n1N=Cc1cccnc1. The minimum atomic E-state index is 0.577. The van der Waals surface area contributed by atoms with Crippen LogP contribution >= 0.6 is 34.5 Å². The Morgan fingerprint density at radius 3 is 2.88 bits per heavy atom. The first kappa shape index (κ1) is 16.9. The lowest BCUT2D eigenvalue weighted by molar-refractivity contribution is 0.833. The number of rotatable bonds is 4. The molecule has 0 aliphatic carbocycles. The lowest BCUT2D eigenvalue weighted by Gasteiger charge is -2.06. The molecule has 0 saturated carbocycles. The van der Waals surface area contributed by atoms with Crippen molar-refractivity contribution in [3.63, 3.8) is 0 Å². The Morgan fingerprint density at radius 2 is 2.17 bits per heavy atom. The highest BCUT2D eigenvalue weighted by atomic mass is 35.5. The molecule has 0 bridgehead atoms. The highest BCUT2D eigenvalue weighted by molar-refractivity contribution is 7.07. The molecule has 1 aromatic carbocycles. The van der Waals surface area contributed by atoms with E-state index in [0.717, 1.165) is 21.6 Å². The minimum Gasteiger partial charge on any atom is -0.264 e. The fourth-order valence-corrected chi connectivity index (χ4v) is 3.51. The minimum absolute atomic E-state index is 0.577. The molecule has 0 N–H and O–H groups in total. The van der Waals surface area contributed by atoms with E-state index in [1.807, 2.05) is 36.6 Å². The van der Waals surface area contributed by atoms with Crippen molar-refractivity contribution < 1.29 is 0 Å². The van der Waals surface area contributed by atoms with Crippen molar-refractivity contribution in [1.82, 2.24) is 9.66 Å². The predicted molar refractivity (Wildman–Crippen MR) is 101 cm³/mol. The molecule has 0 aliphatic heterocycles. The molecule has 3 rings (SSSR count). The van der Waals surface area contributed by atoms with Gasteiger partial charge in [0.05, 0.1) is 16.9 Å². The summed E-state index contributed by atoms with van der Waals surface area (Å²) in [5, 5.41) is 7.74. The summed E-state index contributed by atoms with van der Waals surface area (Å²) < 4.78 is 1.79. The molecule has 0 spiro atoms. The average molecular weight is 377 g/mol. The second kappa shape index (κ2) is 7.75. The summed E-state index contributed by atoms with van der Waals surface area (Å²) >= 11 is 13.9. The normalized spacial score (nSPS) is 12.2. The van der Waals surface area contributed by atoms with Gasteiger partial charge < -0.3 is 0 Å².